The van der Waals surface area contributed by atoms with Gasteiger partial charge >= 0.3 is 0 Å². The van der Waals surface area contributed by atoms with Crippen molar-refractivity contribution in [3.63, 3.8) is 0 Å². The summed E-state index contributed by atoms with van der Waals surface area (Å²) in [5, 5.41) is 9.58. The predicted molar refractivity (Wildman–Crippen MR) is 106 cm³/mol. The molecule has 0 spiro atoms. The molecule has 158 valence electrons. The summed E-state index contributed by atoms with van der Waals surface area (Å²) in [5.74, 6) is -1.72. The number of hydrogen-bond donors (Lipinski definition) is 2. The van der Waals surface area contributed by atoms with Gasteiger partial charge in [0.1, 0.15) is 11.2 Å². The van der Waals surface area contributed by atoms with Crippen LogP contribution in [0.1, 0.15) is 65.2 Å². The highest BCUT2D eigenvalue weighted by molar-refractivity contribution is 6.44. The predicted octanol–water partition coefficient (Wildman–Crippen LogP) is 1.50. The van der Waals surface area contributed by atoms with Gasteiger partial charge in [-0.25, -0.2) is 0 Å². The fraction of sp³-hybridized carbons (Fsp3) is 0.650. The maximum absolute atomic E-state index is 13.3. The monoisotopic (exact) mass is 403 g/mol. The normalized spacial score (nSPS) is 19.6. The number of rotatable bonds is 6. The van der Waals surface area contributed by atoms with Gasteiger partial charge in [0.2, 0.25) is 17.6 Å². The molecule has 0 unspecified atom stereocenters. The second-order valence-corrected chi connectivity index (χ2v) is 8.17. The largest absolute Gasteiger partial charge is 0.333 e. The van der Waals surface area contributed by atoms with Gasteiger partial charge in [-0.15, -0.1) is 0 Å². The molecule has 9 heteroatoms. The Kier molecular flexibility index (Phi) is 5.77. The summed E-state index contributed by atoms with van der Waals surface area (Å²) in [7, 11) is 1.71. The van der Waals surface area contributed by atoms with E-state index >= 15 is 0 Å². The van der Waals surface area contributed by atoms with E-state index in [9.17, 15) is 19.2 Å². The maximum atomic E-state index is 13.3. The van der Waals surface area contributed by atoms with Gasteiger partial charge < -0.3 is 15.5 Å². The lowest BCUT2D eigenvalue weighted by Crippen LogP contribution is -2.74. The van der Waals surface area contributed by atoms with Gasteiger partial charge in [-0.3, -0.25) is 23.9 Å². The van der Waals surface area contributed by atoms with Gasteiger partial charge in [0.15, 0.2) is 5.82 Å². The molecule has 1 aromatic heterocycles. The van der Waals surface area contributed by atoms with E-state index in [-0.39, 0.29) is 17.6 Å². The summed E-state index contributed by atoms with van der Waals surface area (Å²) in [6.45, 7) is 2.82. The molecule has 9 nitrogen and oxygen atoms in total. The second-order valence-electron chi connectivity index (χ2n) is 8.17. The second kappa shape index (κ2) is 7.96. The third-order valence-electron chi connectivity index (χ3n) is 6.03. The average Bonchev–Trinajstić information content (AvgIpc) is 3.01. The van der Waals surface area contributed by atoms with E-state index in [1.54, 1.807) is 19.3 Å². The number of nitrogens with zero attached hydrogens (tertiary/aromatic N) is 3. The minimum atomic E-state index is -1.23. The van der Waals surface area contributed by atoms with Crippen LogP contribution in [0.15, 0.2) is 12.3 Å². The van der Waals surface area contributed by atoms with E-state index in [4.69, 9.17) is 0 Å². The van der Waals surface area contributed by atoms with Crippen molar-refractivity contribution in [2.45, 2.75) is 76.4 Å². The fourth-order valence-electron chi connectivity index (χ4n) is 4.81. The van der Waals surface area contributed by atoms with E-state index in [1.807, 2.05) is 0 Å². The molecule has 2 aliphatic carbocycles. The maximum Gasteiger partial charge on any atom is 0.295 e. The average molecular weight is 403 g/mol. The van der Waals surface area contributed by atoms with Gasteiger partial charge in [0, 0.05) is 33.2 Å². The Labute approximate surface area is 170 Å². The Hall–Kier alpha value is -2.71. The molecule has 2 N–H and O–H groups in total. The molecule has 2 fully saturated rings. The number of anilines is 1. The van der Waals surface area contributed by atoms with Crippen molar-refractivity contribution in [3.8, 4) is 0 Å². The van der Waals surface area contributed by atoms with Crippen LogP contribution in [-0.2, 0) is 26.2 Å². The molecule has 0 saturated heterocycles. The molecule has 0 radical (unpaired) electrons. The van der Waals surface area contributed by atoms with Gasteiger partial charge in [-0.1, -0.05) is 6.42 Å². The molecular formula is C20H29N5O4. The van der Waals surface area contributed by atoms with Crippen LogP contribution in [0.3, 0.4) is 0 Å². The van der Waals surface area contributed by atoms with Crippen LogP contribution in [0.2, 0.25) is 0 Å². The Morgan fingerprint density at radius 3 is 2.14 bits per heavy atom. The number of amides is 3. The smallest absolute Gasteiger partial charge is 0.295 e. The first-order valence-corrected chi connectivity index (χ1v) is 10.2. The summed E-state index contributed by atoms with van der Waals surface area (Å²) >= 11 is 0. The zero-order chi connectivity index (χ0) is 21.2. The molecule has 29 heavy (non-hydrogen) atoms. The van der Waals surface area contributed by atoms with Crippen molar-refractivity contribution in [2.75, 3.05) is 5.32 Å². The van der Waals surface area contributed by atoms with Gasteiger partial charge in [0.05, 0.1) is 0 Å². The lowest BCUT2D eigenvalue weighted by atomic mass is 9.69. The van der Waals surface area contributed by atoms with E-state index in [1.165, 1.54) is 23.4 Å². The highest BCUT2D eigenvalue weighted by Gasteiger charge is 2.59. The van der Waals surface area contributed by atoms with Crippen LogP contribution in [0.5, 0.6) is 0 Å². The highest BCUT2D eigenvalue weighted by Crippen LogP contribution is 2.46. The third-order valence-corrected chi connectivity index (χ3v) is 6.03. The molecule has 0 aromatic carbocycles. The van der Waals surface area contributed by atoms with Crippen LogP contribution in [0.25, 0.3) is 0 Å². The van der Waals surface area contributed by atoms with Crippen LogP contribution in [-0.4, -0.2) is 49.4 Å². The number of Topliss-reactive ketones (excluding diaryl/α,β-unsaturated/α-hetero) is 1. The molecule has 0 bridgehead atoms. The number of aryl methyl sites for hydroxylation is 1. The molecule has 2 aliphatic rings. The molecule has 1 heterocycles. The first kappa shape index (κ1) is 21.0. The van der Waals surface area contributed by atoms with Crippen molar-refractivity contribution in [1.29, 1.82) is 0 Å². The van der Waals surface area contributed by atoms with Crippen LogP contribution in [0, 0.1) is 0 Å². The van der Waals surface area contributed by atoms with Gasteiger partial charge in [0.25, 0.3) is 5.91 Å². The summed E-state index contributed by atoms with van der Waals surface area (Å²) in [6, 6.07) is 1.60. The summed E-state index contributed by atoms with van der Waals surface area (Å²) < 4.78 is 1.52. The fourth-order valence-corrected chi connectivity index (χ4v) is 4.81. The lowest BCUT2D eigenvalue weighted by Gasteiger charge is -2.57. The van der Waals surface area contributed by atoms with Crippen molar-refractivity contribution < 1.29 is 19.2 Å². The lowest BCUT2D eigenvalue weighted by molar-refractivity contribution is -0.171. The standard InChI is InChI=1S/C20H29N5O4/c1-14(26)22-20(11-5-4-6-12-20)25(15(2)27)19(9-7-10-19)17(28)18(29)21-16-8-13-24(3)23-16/h8,13H,4-7,9-12H2,1-3H3,(H,22,26)(H,21,23,29). The van der Waals surface area contributed by atoms with Crippen molar-refractivity contribution in [2.24, 2.45) is 7.05 Å². The van der Waals surface area contributed by atoms with Gasteiger partial charge in [-0.05, 0) is 44.9 Å². The van der Waals surface area contributed by atoms with Crippen molar-refractivity contribution in [1.82, 2.24) is 20.0 Å². The first-order valence-electron chi connectivity index (χ1n) is 10.2. The molecule has 2 saturated carbocycles. The first-order chi connectivity index (χ1) is 13.7. The van der Waals surface area contributed by atoms with Crippen molar-refractivity contribution >= 4 is 29.3 Å². The third kappa shape index (κ3) is 3.90. The van der Waals surface area contributed by atoms with Crippen LogP contribution < -0.4 is 10.6 Å². The quantitative estimate of drug-likeness (QED) is 0.552. The molecule has 0 aliphatic heterocycles. The summed E-state index contributed by atoms with van der Waals surface area (Å²) in [4.78, 5) is 52.4. The molecule has 3 amide bonds. The number of nitrogens with one attached hydrogen (secondary N) is 2. The highest BCUT2D eigenvalue weighted by atomic mass is 16.2. The van der Waals surface area contributed by atoms with E-state index < -0.39 is 22.9 Å². The number of ketones is 1. The zero-order valence-electron chi connectivity index (χ0n) is 17.3. The zero-order valence-corrected chi connectivity index (χ0v) is 17.3. The molecule has 1 aromatic rings. The molecule has 3 rings (SSSR count). The Morgan fingerprint density at radius 2 is 1.69 bits per heavy atom. The topological polar surface area (TPSA) is 113 Å². The SMILES string of the molecule is CC(=O)NC1(N(C(C)=O)C2(C(=O)C(=O)Nc3ccn(C)n3)CCC2)CCCCC1. The Bertz CT molecular complexity index is 821. The van der Waals surface area contributed by atoms with Crippen LogP contribution in [0.4, 0.5) is 5.82 Å². The van der Waals surface area contributed by atoms with E-state index in [2.05, 4.69) is 15.7 Å². The van der Waals surface area contributed by atoms with E-state index in [0.717, 1.165) is 25.7 Å². The molecule has 0 atom stereocenters. The van der Waals surface area contributed by atoms with Crippen molar-refractivity contribution in [3.05, 3.63) is 12.3 Å². The number of carbonyl (C=O) groups is 4. The van der Waals surface area contributed by atoms with Gasteiger partial charge in [-0.2, -0.15) is 5.10 Å². The minimum Gasteiger partial charge on any atom is -0.333 e. The van der Waals surface area contributed by atoms with Crippen LogP contribution >= 0.6 is 0 Å². The Balaban J connectivity index is 1.94. The Morgan fingerprint density at radius 1 is 1.03 bits per heavy atom. The molecular weight excluding hydrogens is 374 g/mol. The summed E-state index contributed by atoms with van der Waals surface area (Å²) in [6.07, 6.45) is 7.05. The van der Waals surface area contributed by atoms with E-state index in [0.29, 0.717) is 25.7 Å². The number of aromatic nitrogens is 2. The minimum absolute atomic E-state index is 0.252. The summed E-state index contributed by atoms with van der Waals surface area (Å²) in [5.41, 5.74) is -2.16. The number of hydrogen-bond acceptors (Lipinski definition) is 5. The number of carbonyl (C=O) groups excluding carboxylic acids is 4.